The Hall–Kier alpha value is -1.50. The highest BCUT2D eigenvalue weighted by Gasteiger charge is 2.38. The lowest BCUT2D eigenvalue weighted by Gasteiger charge is -2.39. The van der Waals surface area contributed by atoms with Crippen molar-refractivity contribution >= 4 is 5.91 Å². The highest BCUT2D eigenvalue weighted by molar-refractivity contribution is 5.78. The monoisotopic (exact) mass is 336 g/mol. The summed E-state index contributed by atoms with van der Waals surface area (Å²) in [4.78, 5) is 14.4. The number of ether oxygens (including phenoxy) is 1. The maximum absolute atomic E-state index is 13.6. The Morgan fingerprint density at radius 3 is 2.96 bits per heavy atom. The molecule has 2 N–H and O–H groups in total. The van der Waals surface area contributed by atoms with Gasteiger partial charge >= 0.3 is 0 Å². The summed E-state index contributed by atoms with van der Waals surface area (Å²) >= 11 is 0. The Balaban J connectivity index is 1.54. The second kappa shape index (κ2) is 8.05. The molecule has 1 aromatic carbocycles. The number of nitrogens with zero attached hydrogens (tertiary/aromatic N) is 1. The molecule has 1 heterocycles. The number of rotatable bonds is 5. The van der Waals surface area contributed by atoms with Gasteiger partial charge in [-0.2, -0.15) is 0 Å². The largest absolute Gasteiger partial charge is 0.393 e. The zero-order valence-corrected chi connectivity index (χ0v) is 13.8. The summed E-state index contributed by atoms with van der Waals surface area (Å²) in [5.74, 6) is -0.265. The molecule has 3 atom stereocenters. The Bertz CT molecular complexity index is 569. The lowest BCUT2D eigenvalue weighted by molar-refractivity contribution is -0.126. The van der Waals surface area contributed by atoms with E-state index in [4.69, 9.17) is 4.74 Å². The van der Waals surface area contributed by atoms with Crippen LogP contribution in [0, 0.1) is 11.7 Å². The Kier molecular flexibility index (Phi) is 5.81. The first-order valence-corrected chi connectivity index (χ1v) is 8.65. The number of morpholine rings is 1. The number of hydrogen-bond donors (Lipinski definition) is 2. The molecule has 1 amide bonds. The summed E-state index contributed by atoms with van der Waals surface area (Å²) in [5, 5.41) is 12.9. The Morgan fingerprint density at radius 2 is 2.21 bits per heavy atom. The molecular weight excluding hydrogens is 311 g/mol. The molecule has 0 radical (unpaired) electrons. The fraction of sp³-hybridized carbons (Fsp3) is 0.611. The molecule has 1 saturated carbocycles. The molecule has 24 heavy (non-hydrogen) atoms. The highest BCUT2D eigenvalue weighted by Crippen LogP contribution is 2.32. The maximum atomic E-state index is 13.6. The van der Waals surface area contributed by atoms with Crippen LogP contribution in [-0.2, 0) is 16.1 Å². The number of aliphatic hydroxyl groups excluding tert-OH is 1. The van der Waals surface area contributed by atoms with Gasteiger partial charge in [0.15, 0.2) is 0 Å². The molecule has 1 aliphatic heterocycles. The Labute approximate surface area is 141 Å². The minimum absolute atomic E-state index is 0.0791. The van der Waals surface area contributed by atoms with Crippen molar-refractivity contribution in [2.24, 2.45) is 5.92 Å². The summed E-state index contributed by atoms with van der Waals surface area (Å²) in [7, 11) is 0. The number of nitrogens with one attached hydrogen (secondary N) is 1. The molecule has 3 rings (SSSR count). The molecule has 6 heteroatoms. The van der Waals surface area contributed by atoms with Gasteiger partial charge in [-0.25, -0.2) is 4.39 Å². The molecule has 132 valence electrons. The van der Waals surface area contributed by atoms with Crippen LogP contribution in [0.1, 0.15) is 24.8 Å². The molecule has 2 fully saturated rings. The lowest BCUT2D eigenvalue weighted by Crippen LogP contribution is -2.53. The molecule has 5 nitrogen and oxygen atoms in total. The molecule has 0 aromatic heterocycles. The lowest BCUT2D eigenvalue weighted by atomic mass is 9.94. The van der Waals surface area contributed by atoms with E-state index in [1.54, 1.807) is 18.2 Å². The van der Waals surface area contributed by atoms with Crippen molar-refractivity contribution in [1.82, 2.24) is 10.2 Å². The van der Waals surface area contributed by atoms with Crippen molar-refractivity contribution < 1.29 is 19.0 Å². The number of hydrogen-bond acceptors (Lipinski definition) is 4. The van der Waals surface area contributed by atoms with E-state index in [2.05, 4.69) is 10.2 Å². The van der Waals surface area contributed by atoms with E-state index in [0.717, 1.165) is 19.3 Å². The number of halogens is 1. The smallest absolute Gasteiger partial charge is 0.234 e. The van der Waals surface area contributed by atoms with E-state index >= 15 is 0 Å². The molecule has 2 aliphatic rings. The second-order valence-corrected chi connectivity index (χ2v) is 6.64. The van der Waals surface area contributed by atoms with Crippen LogP contribution >= 0.6 is 0 Å². The molecule has 1 aromatic rings. The highest BCUT2D eigenvalue weighted by atomic mass is 19.1. The third-order valence-corrected chi connectivity index (χ3v) is 5.09. The van der Waals surface area contributed by atoms with Gasteiger partial charge in [0.2, 0.25) is 5.91 Å². The zero-order chi connectivity index (χ0) is 16.9. The summed E-state index contributed by atoms with van der Waals surface area (Å²) in [6.45, 7) is 2.28. The number of amides is 1. The summed E-state index contributed by atoms with van der Waals surface area (Å²) in [6.07, 6.45) is 2.52. The van der Waals surface area contributed by atoms with Crippen molar-refractivity contribution in [3.05, 3.63) is 35.6 Å². The Morgan fingerprint density at radius 1 is 1.38 bits per heavy atom. The SMILES string of the molecule is O=C(CN1CCOC[C@@H]1[C@H]1CCC[C@H]1O)NCc1ccccc1F. The molecule has 1 aliphatic carbocycles. The van der Waals surface area contributed by atoms with Crippen molar-refractivity contribution in [2.45, 2.75) is 38.0 Å². The van der Waals surface area contributed by atoms with Gasteiger partial charge in [-0.1, -0.05) is 24.6 Å². The van der Waals surface area contributed by atoms with Crippen LogP contribution in [0.25, 0.3) is 0 Å². The first-order chi connectivity index (χ1) is 11.6. The average Bonchev–Trinajstić information content (AvgIpc) is 3.00. The van der Waals surface area contributed by atoms with E-state index < -0.39 is 0 Å². The topological polar surface area (TPSA) is 61.8 Å². The van der Waals surface area contributed by atoms with Gasteiger partial charge in [-0.3, -0.25) is 9.69 Å². The van der Waals surface area contributed by atoms with Crippen LogP contribution in [-0.4, -0.2) is 54.4 Å². The third kappa shape index (κ3) is 4.12. The van der Waals surface area contributed by atoms with Gasteiger partial charge in [0.1, 0.15) is 5.82 Å². The number of carbonyl (C=O) groups excluding carboxylic acids is 1. The predicted octanol–water partition coefficient (Wildman–Crippen LogP) is 1.30. The predicted molar refractivity (Wildman–Crippen MR) is 87.8 cm³/mol. The molecule has 0 unspecified atom stereocenters. The van der Waals surface area contributed by atoms with Crippen molar-refractivity contribution in [1.29, 1.82) is 0 Å². The van der Waals surface area contributed by atoms with Crippen molar-refractivity contribution in [3.8, 4) is 0 Å². The number of benzene rings is 1. The minimum atomic E-state index is -0.309. The van der Waals surface area contributed by atoms with Crippen molar-refractivity contribution in [3.63, 3.8) is 0 Å². The first-order valence-electron chi connectivity index (χ1n) is 8.65. The summed E-state index contributed by atoms with van der Waals surface area (Å²) < 4.78 is 19.2. The van der Waals surface area contributed by atoms with Crippen LogP contribution < -0.4 is 5.32 Å². The summed E-state index contributed by atoms with van der Waals surface area (Å²) in [6, 6.07) is 6.52. The standard InChI is InChI=1S/C18H25FN2O3/c19-15-6-2-1-4-13(15)10-20-18(23)11-21-8-9-24-12-16(21)14-5-3-7-17(14)22/h1-2,4,6,14,16-17,22H,3,5,7-12H2,(H,20,23)/t14-,16-,17-/m1/s1. The van der Waals surface area contributed by atoms with Gasteiger partial charge in [0, 0.05) is 30.6 Å². The van der Waals surface area contributed by atoms with Gasteiger partial charge < -0.3 is 15.2 Å². The van der Waals surface area contributed by atoms with Crippen LogP contribution in [0.3, 0.4) is 0 Å². The molecule has 0 spiro atoms. The minimum Gasteiger partial charge on any atom is -0.393 e. The third-order valence-electron chi connectivity index (χ3n) is 5.09. The van der Waals surface area contributed by atoms with E-state index in [-0.39, 0.29) is 42.9 Å². The van der Waals surface area contributed by atoms with Crippen LogP contribution in [0.5, 0.6) is 0 Å². The van der Waals surface area contributed by atoms with E-state index in [1.807, 2.05) is 0 Å². The number of carbonyl (C=O) groups is 1. The average molecular weight is 336 g/mol. The molecule has 1 saturated heterocycles. The normalized spacial score (nSPS) is 28.0. The fourth-order valence-electron chi connectivity index (χ4n) is 3.74. The van der Waals surface area contributed by atoms with Crippen LogP contribution in [0.2, 0.25) is 0 Å². The van der Waals surface area contributed by atoms with Crippen molar-refractivity contribution in [2.75, 3.05) is 26.3 Å². The van der Waals surface area contributed by atoms with Gasteiger partial charge in [-0.05, 0) is 18.9 Å². The van der Waals surface area contributed by atoms with E-state index in [1.165, 1.54) is 6.07 Å². The number of aliphatic hydroxyl groups is 1. The zero-order valence-electron chi connectivity index (χ0n) is 13.8. The molecular formula is C18H25FN2O3. The van der Waals surface area contributed by atoms with Crippen LogP contribution in [0.15, 0.2) is 24.3 Å². The maximum Gasteiger partial charge on any atom is 0.234 e. The first kappa shape index (κ1) is 17.3. The van der Waals surface area contributed by atoms with E-state index in [0.29, 0.717) is 25.3 Å². The second-order valence-electron chi connectivity index (χ2n) is 6.64. The molecule has 0 bridgehead atoms. The van der Waals surface area contributed by atoms with Crippen LogP contribution in [0.4, 0.5) is 4.39 Å². The quantitative estimate of drug-likeness (QED) is 0.851. The van der Waals surface area contributed by atoms with Gasteiger partial charge in [-0.15, -0.1) is 0 Å². The van der Waals surface area contributed by atoms with E-state index in [9.17, 15) is 14.3 Å². The summed E-state index contributed by atoms with van der Waals surface area (Å²) in [5.41, 5.74) is 0.482. The fourth-order valence-corrected chi connectivity index (χ4v) is 3.74. The van der Waals surface area contributed by atoms with Gasteiger partial charge in [0.05, 0.1) is 25.9 Å². The van der Waals surface area contributed by atoms with Gasteiger partial charge in [0.25, 0.3) is 0 Å².